The zero-order chi connectivity index (χ0) is 66.4. The third-order valence-corrected chi connectivity index (χ3v) is 12.1. The Morgan fingerprint density at radius 1 is 0.304 bits per heavy atom. The van der Waals surface area contributed by atoms with Crippen molar-refractivity contribution in [1.82, 2.24) is 0 Å². The van der Waals surface area contributed by atoms with Gasteiger partial charge in [0.2, 0.25) is 12.9 Å². The fourth-order valence-corrected chi connectivity index (χ4v) is 3.59. The quantitative estimate of drug-likeness (QED) is 0.113. The Bertz CT molecular complexity index is 971. The molecule has 6 unspecified atom stereocenters. The minimum atomic E-state index is -3.99. The summed E-state index contributed by atoms with van der Waals surface area (Å²) in [5.41, 5.74) is 1.09. The maximum atomic E-state index is 11.6. The van der Waals surface area contributed by atoms with Gasteiger partial charge in [-0.1, -0.05) is 292 Å². The first-order chi connectivity index (χ1) is 35.6. The van der Waals surface area contributed by atoms with Crippen LogP contribution in [0, 0.1) is 70.0 Å². The summed E-state index contributed by atoms with van der Waals surface area (Å²) >= 11 is 0. The van der Waals surface area contributed by atoms with E-state index in [1.807, 2.05) is 27.7 Å². The average Bonchev–Trinajstić information content (AvgIpc) is 3.34. The van der Waals surface area contributed by atoms with Crippen molar-refractivity contribution in [3.05, 3.63) is 0 Å². The summed E-state index contributed by atoms with van der Waals surface area (Å²) in [4.78, 5) is 0. The van der Waals surface area contributed by atoms with Crippen molar-refractivity contribution < 1.29 is 52.7 Å². The molecule has 0 fully saturated rings. The van der Waals surface area contributed by atoms with E-state index in [1.54, 1.807) is 27.7 Å². The third-order valence-electron chi connectivity index (χ3n) is 12.1. The van der Waals surface area contributed by atoms with Crippen molar-refractivity contribution in [2.45, 2.75) is 356 Å². The second-order valence-corrected chi connectivity index (χ2v) is 25.4. The standard InChI is InChI=1S/C7H16.C6H11F3.C6H12F2.C6H13F.2C6H14.C5H9F3.C5H10F2.C5H11F.3C5H12/c1-5-6-7(2,3)4;1-3-4-5(2)6(7,8)9;1-3-4-5(2)6(7)8;1-3-4-6(2)5-7;1-5-6(2,3)4;1-4-5-6(2)3;1-3-4(2)5(6,7)8;1-3-4(2)5(6)7;1-3-5(2)4-6;3*1-4-5(2)3/h5-6H2,1-4H3;5H,3-4H2,1-2H3;5-6H,3-4H2,1-2H3;6H,3-5H2,1-2H3;5H2,1-4H3;6H,4-5H2,1-3H3;4H,3H2,1-2H3;4-5H,3H2,1-2H3;5H,3-4H2,1-2H3;3*5H,4H2,1-3H3. The molecule has 0 spiro atoms. The number of alkyl halides is 12. The molecule has 79 heavy (non-hydrogen) atoms. The maximum Gasteiger partial charge on any atom is 0.391 e. The minimum Gasteiger partial charge on any atom is -0.251 e. The van der Waals surface area contributed by atoms with Gasteiger partial charge in [0, 0.05) is 11.8 Å². The Balaban J connectivity index is -0.0000000623. The molecule has 12 heteroatoms. The lowest BCUT2D eigenvalue weighted by Crippen LogP contribution is -2.19. The zero-order valence-electron chi connectivity index (χ0n) is 58.9. The Kier molecular flexibility index (Phi) is 98.6. The molecule has 0 aliphatic heterocycles. The van der Waals surface area contributed by atoms with Crippen molar-refractivity contribution in [3.63, 3.8) is 0 Å². The smallest absolute Gasteiger partial charge is 0.251 e. The lowest BCUT2D eigenvalue weighted by molar-refractivity contribution is -0.171. The van der Waals surface area contributed by atoms with Gasteiger partial charge in [-0.15, -0.1) is 0 Å². The zero-order valence-corrected chi connectivity index (χ0v) is 58.9. The van der Waals surface area contributed by atoms with Gasteiger partial charge in [-0.25, -0.2) is 17.6 Å². The number of hydrogen-bond acceptors (Lipinski definition) is 0. The summed E-state index contributed by atoms with van der Waals surface area (Å²) in [5, 5.41) is 0. The highest BCUT2D eigenvalue weighted by molar-refractivity contribution is 4.61. The van der Waals surface area contributed by atoms with Crippen LogP contribution in [0.4, 0.5) is 52.7 Å². The highest BCUT2D eigenvalue weighted by Gasteiger charge is 2.35. The largest absolute Gasteiger partial charge is 0.391 e. The van der Waals surface area contributed by atoms with Crippen LogP contribution < -0.4 is 0 Å². The van der Waals surface area contributed by atoms with Crippen molar-refractivity contribution in [1.29, 1.82) is 0 Å². The van der Waals surface area contributed by atoms with Crippen LogP contribution in [0.15, 0.2) is 0 Å². The van der Waals surface area contributed by atoms with E-state index < -0.39 is 48.9 Å². The predicted octanol–water partition coefficient (Wildman–Crippen LogP) is 28.8. The van der Waals surface area contributed by atoms with Gasteiger partial charge < -0.3 is 0 Å². The number of halogens is 12. The van der Waals surface area contributed by atoms with Gasteiger partial charge in [0.25, 0.3) is 0 Å². The number of hydrogen-bond donors (Lipinski definition) is 0. The first-order valence-electron chi connectivity index (χ1n) is 31.5. The van der Waals surface area contributed by atoms with Crippen LogP contribution in [0.3, 0.4) is 0 Å². The third kappa shape index (κ3) is 149. The molecule has 0 aromatic rings. The van der Waals surface area contributed by atoms with Crippen LogP contribution in [0.25, 0.3) is 0 Å². The first-order valence-corrected chi connectivity index (χ1v) is 31.5. The lowest BCUT2D eigenvalue weighted by Gasteiger charge is -2.15. The highest BCUT2D eigenvalue weighted by Crippen LogP contribution is 2.29. The van der Waals surface area contributed by atoms with Crippen molar-refractivity contribution in [2.75, 3.05) is 13.3 Å². The summed E-state index contributed by atoms with van der Waals surface area (Å²) in [6.07, 6.45) is 4.44. The highest BCUT2D eigenvalue weighted by atomic mass is 19.4. The fraction of sp³-hybridized carbons (Fsp3) is 1.00. The topological polar surface area (TPSA) is 0 Å². The van der Waals surface area contributed by atoms with E-state index in [0.717, 1.165) is 49.4 Å². The predicted molar refractivity (Wildman–Crippen MR) is 336 cm³/mol. The molecule has 0 N–H and O–H groups in total. The first kappa shape index (κ1) is 106. The summed E-state index contributed by atoms with van der Waals surface area (Å²) in [6, 6.07) is 0. The monoisotopic (exact) mass is 1180 g/mol. The molecule has 0 rings (SSSR count). The molecule has 0 radical (unpaired) electrons. The molecular formula is C67H146F12. The molecule has 0 nitrogen and oxygen atoms in total. The Morgan fingerprint density at radius 2 is 0.595 bits per heavy atom. The molecule has 498 valence electrons. The normalized spacial score (nSPS) is 13.1. The maximum absolute atomic E-state index is 11.6. The molecule has 0 amide bonds. The lowest BCUT2D eigenvalue weighted by atomic mass is 9.91. The van der Waals surface area contributed by atoms with Crippen LogP contribution in [0.1, 0.15) is 331 Å². The van der Waals surface area contributed by atoms with Crippen molar-refractivity contribution >= 4 is 0 Å². The Morgan fingerprint density at radius 3 is 0.633 bits per heavy atom. The second kappa shape index (κ2) is 73.3. The molecule has 6 atom stereocenters. The van der Waals surface area contributed by atoms with Gasteiger partial charge in [0.05, 0.1) is 25.2 Å². The van der Waals surface area contributed by atoms with Crippen LogP contribution in [-0.2, 0) is 0 Å². The van der Waals surface area contributed by atoms with Gasteiger partial charge in [0.15, 0.2) is 0 Å². The molecule has 0 heterocycles. The van der Waals surface area contributed by atoms with Crippen molar-refractivity contribution in [3.8, 4) is 0 Å². The fourth-order valence-electron chi connectivity index (χ4n) is 3.59. The summed E-state index contributed by atoms with van der Waals surface area (Å²) in [5.74, 6) is 0.968. The van der Waals surface area contributed by atoms with Gasteiger partial charge in [0.1, 0.15) is 0 Å². The molecule has 0 aromatic heterocycles. The minimum absolute atomic E-state index is 0.159. The molecule has 0 aliphatic carbocycles. The van der Waals surface area contributed by atoms with Gasteiger partial charge in [-0.05, 0) is 84.9 Å². The van der Waals surface area contributed by atoms with E-state index in [9.17, 15) is 52.7 Å². The van der Waals surface area contributed by atoms with E-state index in [1.165, 1.54) is 72.1 Å². The second-order valence-electron chi connectivity index (χ2n) is 25.4. The van der Waals surface area contributed by atoms with E-state index in [-0.39, 0.29) is 38.0 Å². The summed E-state index contributed by atoms with van der Waals surface area (Å²) < 4.78 is 138. The molecule has 0 saturated carbocycles. The molecule has 0 saturated heterocycles. The molecule has 0 aromatic carbocycles. The van der Waals surface area contributed by atoms with E-state index in [0.29, 0.717) is 30.1 Å². The molecule has 0 aliphatic rings. The summed E-state index contributed by atoms with van der Waals surface area (Å²) in [6.45, 7) is 64.7. The van der Waals surface area contributed by atoms with Gasteiger partial charge in [-0.2, -0.15) is 26.3 Å². The SMILES string of the molecule is CCC(C)(C)C.CCC(C)C.CCC(C)C.CCC(C)C.CCC(C)C(F)(F)F.CCC(C)C(F)F.CCC(C)CF.CCCC(C)(C)C.CCCC(C)C.CCCC(C)C(F)(F)F.CCCC(C)C(F)F.CCCC(C)CF. The Hall–Kier alpha value is -0.840. The van der Waals surface area contributed by atoms with E-state index >= 15 is 0 Å². The number of rotatable bonds is 19. The van der Waals surface area contributed by atoms with Gasteiger partial charge in [-0.3, -0.25) is 8.78 Å². The average molecular weight is 1180 g/mol. The van der Waals surface area contributed by atoms with E-state index in [4.69, 9.17) is 0 Å². The van der Waals surface area contributed by atoms with Gasteiger partial charge >= 0.3 is 12.4 Å². The molecular weight excluding hydrogens is 1030 g/mol. The Labute approximate surface area is 490 Å². The van der Waals surface area contributed by atoms with Crippen LogP contribution >= 0.6 is 0 Å². The van der Waals surface area contributed by atoms with Crippen molar-refractivity contribution in [2.24, 2.45) is 70.0 Å². The van der Waals surface area contributed by atoms with Crippen LogP contribution in [-0.4, -0.2) is 38.6 Å². The molecule has 0 bridgehead atoms. The summed E-state index contributed by atoms with van der Waals surface area (Å²) in [7, 11) is 0. The van der Waals surface area contributed by atoms with Crippen LogP contribution in [0.5, 0.6) is 0 Å². The van der Waals surface area contributed by atoms with E-state index in [2.05, 4.69) is 145 Å². The van der Waals surface area contributed by atoms with Crippen LogP contribution in [0.2, 0.25) is 0 Å².